The van der Waals surface area contributed by atoms with Crippen molar-refractivity contribution in [3.05, 3.63) is 0 Å². The fourth-order valence-electron chi connectivity index (χ4n) is 1.89. The number of hydrogen-bond donors (Lipinski definition) is 2. The maximum absolute atomic E-state index is 9.94. The summed E-state index contributed by atoms with van der Waals surface area (Å²) in [5.41, 5.74) is 5.21. The van der Waals surface area contributed by atoms with Crippen molar-refractivity contribution in [3.8, 4) is 12.3 Å². The summed E-state index contributed by atoms with van der Waals surface area (Å²) in [6.45, 7) is 0. The van der Waals surface area contributed by atoms with Gasteiger partial charge in [0.25, 0.3) is 0 Å². The predicted octanol–water partition coefficient (Wildman–Crippen LogP) is 1.03. The number of terminal acetylenes is 1. The van der Waals surface area contributed by atoms with Gasteiger partial charge in [-0.05, 0) is 32.1 Å². The van der Waals surface area contributed by atoms with Crippen molar-refractivity contribution in [2.24, 2.45) is 5.73 Å². The smallest absolute Gasteiger partial charge is 0.0663 e. The molecule has 0 spiro atoms. The van der Waals surface area contributed by atoms with Crippen molar-refractivity contribution in [2.75, 3.05) is 0 Å². The van der Waals surface area contributed by atoms with E-state index in [2.05, 4.69) is 5.92 Å². The molecule has 1 rings (SSSR count). The van der Waals surface area contributed by atoms with Crippen LogP contribution in [-0.2, 0) is 0 Å². The molecule has 0 amide bonds. The molecule has 0 radical (unpaired) electrons. The van der Waals surface area contributed by atoms with Crippen LogP contribution in [0, 0.1) is 12.3 Å². The lowest BCUT2D eigenvalue weighted by Crippen LogP contribution is -2.27. The Hall–Kier alpha value is -0.520. The van der Waals surface area contributed by atoms with Crippen LogP contribution in [0.15, 0.2) is 0 Å². The average molecular weight is 167 g/mol. The molecule has 0 aromatic carbocycles. The lowest BCUT2D eigenvalue weighted by molar-refractivity contribution is 0.0359. The van der Waals surface area contributed by atoms with Crippen molar-refractivity contribution >= 4 is 0 Å². The van der Waals surface area contributed by atoms with E-state index in [0.717, 1.165) is 38.5 Å². The molecule has 0 aliphatic heterocycles. The maximum Gasteiger partial charge on any atom is 0.0663 e. The van der Waals surface area contributed by atoms with Crippen LogP contribution >= 0.6 is 0 Å². The molecule has 0 bridgehead atoms. The van der Waals surface area contributed by atoms with Gasteiger partial charge in [-0.25, -0.2) is 0 Å². The molecular formula is C10H17NO. The third-order valence-electron chi connectivity index (χ3n) is 2.59. The summed E-state index contributed by atoms with van der Waals surface area (Å²) in [7, 11) is 0. The summed E-state index contributed by atoms with van der Waals surface area (Å²) in [6.07, 6.45) is 10.2. The summed E-state index contributed by atoms with van der Waals surface area (Å²) in [5, 5.41) is 9.94. The molecule has 1 saturated carbocycles. The molecule has 2 unspecified atom stereocenters. The summed E-state index contributed by atoms with van der Waals surface area (Å²) in [6, 6.07) is 0.195. The lowest BCUT2D eigenvalue weighted by Gasteiger charge is -2.21. The highest BCUT2D eigenvalue weighted by Crippen LogP contribution is 2.32. The zero-order valence-electron chi connectivity index (χ0n) is 7.42. The summed E-state index contributed by atoms with van der Waals surface area (Å²) in [5.74, 6) is 2.58. The van der Waals surface area contributed by atoms with E-state index in [-0.39, 0.29) is 6.04 Å². The van der Waals surface area contributed by atoms with Gasteiger partial charge in [0.2, 0.25) is 0 Å². The summed E-state index contributed by atoms with van der Waals surface area (Å²) >= 11 is 0. The molecule has 2 atom stereocenters. The minimum Gasteiger partial charge on any atom is -0.390 e. The highest BCUT2D eigenvalue weighted by atomic mass is 16.3. The Morgan fingerprint density at radius 3 is 2.92 bits per heavy atom. The minimum absolute atomic E-state index is 0.195. The van der Waals surface area contributed by atoms with Crippen molar-refractivity contribution in [2.45, 2.75) is 50.2 Å². The van der Waals surface area contributed by atoms with Crippen LogP contribution in [-0.4, -0.2) is 16.7 Å². The van der Waals surface area contributed by atoms with Gasteiger partial charge in [0, 0.05) is 12.5 Å². The van der Waals surface area contributed by atoms with Crippen molar-refractivity contribution in [1.29, 1.82) is 0 Å². The molecule has 68 valence electrons. The number of nitrogens with two attached hydrogens (primary N) is 1. The Labute approximate surface area is 74.2 Å². The number of unbranched alkanes of at least 4 members (excludes halogenated alkanes) is 1. The molecular weight excluding hydrogens is 150 g/mol. The molecule has 0 heterocycles. The second kappa shape index (κ2) is 3.93. The normalized spacial score (nSPS) is 34.9. The molecule has 0 saturated heterocycles. The molecule has 1 fully saturated rings. The lowest BCUT2D eigenvalue weighted by atomic mass is 9.95. The van der Waals surface area contributed by atoms with E-state index in [0.29, 0.717) is 0 Å². The largest absolute Gasteiger partial charge is 0.390 e. The van der Waals surface area contributed by atoms with Crippen LogP contribution in [0.3, 0.4) is 0 Å². The van der Waals surface area contributed by atoms with Gasteiger partial charge in [-0.15, -0.1) is 12.3 Å². The number of aliphatic hydroxyl groups is 1. The van der Waals surface area contributed by atoms with Gasteiger partial charge in [0.1, 0.15) is 0 Å². The minimum atomic E-state index is -0.504. The van der Waals surface area contributed by atoms with Gasteiger partial charge in [-0.2, -0.15) is 0 Å². The molecule has 0 aromatic heterocycles. The number of hydrogen-bond acceptors (Lipinski definition) is 2. The van der Waals surface area contributed by atoms with Crippen LogP contribution in [0.1, 0.15) is 38.5 Å². The first-order chi connectivity index (χ1) is 5.66. The predicted molar refractivity (Wildman–Crippen MR) is 49.5 cm³/mol. The first-order valence-electron chi connectivity index (χ1n) is 4.58. The van der Waals surface area contributed by atoms with Crippen molar-refractivity contribution < 1.29 is 5.11 Å². The van der Waals surface area contributed by atoms with Gasteiger partial charge in [0.05, 0.1) is 5.60 Å². The van der Waals surface area contributed by atoms with Crippen LogP contribution in [0.2, 0.25) is 0 Å². The fraction of sp³-hybridized carbons (Fsp3) is 0.800. The van der Waals surface area contributed by atoms with Crippen LogP contribution < -0.4 is 5.73 Å². The van der Waals surface area contributed by atoms with E-state index >= 15 is 0 Å². The Morgan fingerprint density at radius 2 is 2.42 bits per heavy atom. The first-order valence-corrected chi connectivity index (χ1v) is 4.58. The standard InChI is InChI=1S/C10H17NO/c1-2-3-4-6-10(12)7-5-9(11)8-10/h1,9,12H,3-8,11H2. The second-order valence-electron chi connectivity index (χ2n) is 3.78. The Balaban J connectivity index is 2.26. The highest BCUT2D eigenvalue weighted by Gasteiger charge is 2.34. The third-order valence-corrected chi connectivity index (χ3v) is 2.59. The Bertz CT molecular complexity index is 185. The molecule has 0 aromatic rings. The van der Waals surface area contributed by atoms with Gasteiger partial charge in [0.15, 0.2) is 0 Å². The van der Waals surface area contributed by atoms with Crippen LogP contribution in [0.25, 0.3) is 0 Å². The average Bonchev–Trinajstić information content (AvgIpc) is 2.32. The second-order valence-corrected chi connectivity index (χ2v) is 3.78. The quantitative estimate of drug-likeness (QED) is 0.487. The molecule has 3 N–H and O–H groups in total. The SMILES string of the molecule is C#CCCCC1(O)CCC(N)C1. The van der Waals surface area contributed by atoms with Crippen LogP contribution in [0.4, 0.5) is 0 Å². The van der Waals surface area contributed by atoms with E-state index in [1.807, 2.05) is 0 Å². The Morgan fingerprint density at radius 1 is 1.67 bits per heavy atom. The highest BCUT2D eigenvalue weighted by molar-refractivity contribution is 4.92. The monoisotopic (exact) mass is 167 g/mol. The molecule has 2 nitrogen and oxygen atoms in total. The van der Waals surface area contributed by atoms with Gasteiger partial charge in [-0.3, -0.25) is 0 Å². The van der Waals surface area contributed by atoms with Crippen molar-refractivity contribution in [1.82, 2.24) is 0 Å². The van der Waals surface area contributed by atoms with Crippen molar-refractivity contribution in [3.63, 3.8) is 0 Å². The fourth-order valence-corrected chi connectivity index (χ4v) is 1.89. The molecule has 1 aliphatic carbocycles. The van der Waals surface area contributed by atoms with Crippen LogP contribution in [0.5, 0.6) is 0 Å². The molecule has 1 aliphatic rings. The van der Waals surface area contributed by atoms with E-state index < -0.39 is 5.60 Å². The first kappa shape index (κ1) is 9.57. The van der Waals surface area contributed by atoms with E-state index in [1.165, 1.54) is 0 Å². The number of rotatable bonds is 3. The topological polar surface area (TPSA) is 46.2 Å². The zero-order valence-corrected chi connectivity index (χ0v) is 7.42. The molecule has 12 heavy (non-hydrogen) atoms. The van der Waals surface area contributed by atoms with Gasteiger partial charge in [-0.1, -0.05) is 0 Å². The van der Waals surface area contributed by atoms with E-state index in [1.54, 1.807) is 0 Å². The maximum atomic E-state index is 9.94. The Kier molecular flexibility index (Phi) is 3.13. The third kappa shape index (κ3) is 2.51. The zero-order chi connectivity index (χ0) is 9.03. The van der Waals surface area contributed by atoms with E-state index in [9.17, 15) is 5.11 Å². The van der Waals surface area contributed by atoms with Gasteiger partial charge < -0.3 is 10.8 Å². The molecule has 2 heteroatoms. The van der Waals surface area contributed by atoms with Gasteiger partial charge >= 0.3 is 0 Å². The summed E-state index contributed by atoms with van der Waals surface area (Å²) < 4.78 is 0. The summed E-state index contributed by atoms with van der Waals surface area (Å²) in [4.78, 5) is 0. The van der Waals surface area contributed by atoms with E-state index in [4.69, 9.17) is 12.2 Å².